The van der Waals surface area contributed by atoms with Crippen molar-refractivity contribution >= 4 is 0 Å². The van der Waals surface area contributed by atoms with Gasteiger partial charge in [0, 0.05) is 25.0 Å². The SMILES string of the molecule is CC(c1cccnc1)N(C)Cc1cccc(C#N)c1. The van der Waals surface area contributed by atoms with Crippen molar-refractivity contribution in [3.05, 3.63) is 65.5 Å². The topological polar surface area (TPSA) is 39.9 Å². The minimum absolute atomic E-state index is 0.291. The van der Waals surface area contributed by atoms with Crippen molar-refractivity contribution in [2.24, 2.45) is 0 Å². The maximum absolute atomic E-state index is 8.91. The van der Waals surface area contributed by atoms with E-state index in [-0.39, 0.29) is 0 Å². The molecule has 1 aromatic carbocycles. The van der Waals surface area contributed by atoms with Crippen LogP contribution in [0.4, 0.5) is 0 Å². The summed E-state index contributed by atoms with van der Waals surface area (Å²) in [5.74, 6) is 0. The van der Waals surface area contributed by atoms with Gasteiger partial charge < -0.3 is 0 Å². The van der Waals surface area contributed by atoms with Crippen LogP contribution in [-0.2, 0) is 6.54 Å². The molecule has 0 bridgehead atoms. The number of nitriles is 1. The quantitative estimate of drug-likeness (QED) is 0.838. The molecule has 0 fully saturated rings. The standard InChI is InChI=1S/C16H17N3/c1-13(16-7-4-8-18-11-16)19(2)12-15-6-3-5-14(9-15)10-17/h3-9,11,13H,12H2,1-2H3. The summed E-state index contributed by atoms with van der Waals surface area (Å²) in [5.41, 5.74) is 3.05. The molecule has 0 saturated heterocycles. The van der Waals surface area contributed by atoms with Crippen LogP contribution in [-0.4, -0.2) is 16.9 Å². The summed E-state index contributed by atoms with van der Waals surface area (Å²) in [6.45, 7) is 2.97. The summed E-state index contributed by atoms with van der Waals surface area (Å²) in [5, 5.41) is 8.91. The fourth-order valence-corrected chi connectivity index (χ4v) is 2.04. The van der Waals surface area contributed by atoms with Crippen LogP contribution in [0.15, 0.2) is 48.8 Å². The zero-order chi connectivity index (χ0) is 13.7. The first kappa shape index (κ1) is 13.3. The number of hydrogen-bond donors (Lipinski definition) is 0. The molecule has 0 N–H and O–H groups in total. The van der Waals surface area contributed by atoms with Crippen LogP contribution in [0.3, 0.4) is 0 Å². The first-order chi connectivity index (χ1) is 9.20. The molecule has 1 unspecified atom stereocenters. The molecular formula is C16H17N3. The van der Waals surface area contributed by atoms with E-state index in [9.17, 15) is 0 Å². The van der Waals surface area contributed by atoms with Crippen molar-refractivity contribution in [3.8, 4) is 6.07 Å². The second-order valence-corrected chi connectivity index (χ2v) is 4.69. The normalized spacial score (nSPS) is 12.1. The van der Waals surface area contributed by atoms with Crippen molar-refractivity contribution in [1.82, 2.24) is 9.88 Å². The highest BCUT2D eigenvalue weighted by atomic mass is 15.1. The first-order valence-electron chi connectivity index (χ1n) is 6.30. The summed E-state index contributed by atoms with van der Waals surface area (Å²) >= 11 is 0. The van der Waals surface area contributed by atoms with Gasteiger partial charge in [0.1, 0.15) is 0 Å². The lowest BCUT2D eigenvalue weighted by Gasteiger charge is -2.24. The third-order valence-electron chi connectivity index (χ3n) is 3.32. The zero-order valence-electron chi connectivity index (χ0n) is 11.2. The predicted molar refractivity (Wildman–Crippen MR) is 75.3 cm³/mol. The van der Waals surface area contributed by atoms with Crippen molar-refractivity contribution in [2.75, 3.05) is 7.05 Å². The molecule has 96 valence electrons. The lowest BCUT2D eigenvalue weighted by Crippen LogP contribution is -2.22. The third kappa shape index (κ3) is 3.40. The summed E-state index contributed by atoms with van der Waals surface area (Å²) < 4.78 is 0. The lowest BCUT2D eigenvalue weighted by atomic mass is 10.1. The van der Waals surface area contributed by atoms with E-state index >= 15 is 0 Å². The molecule has 0 aliphatic heterocycles. The smallest absolute Gasteiger partial charge is 0.0991 e. The predicted octanol–water partition coefficient (Wildman–Crippen LogP) is 3.15. The Kier molecular flexibility index (Phi) is 4.27. The van der Waals surface area contributed by atoms with Crippen LogP contribution in [0.5, 0.6) is 0 Å². The molecule has 1 atom stereocenters. The average Bonchev–Trinajstić information content (AvgIpc) is 2.47. The number of rotatable bonds is 4. The van der Waals surface area contributed by atoms with E-state index in [1.807, 2.05) is 36.5 Å². The van der Waals surface area contributed by atoms with E-state index in [4.69, 9.17) is 5.26 Å². The van der Waals surface area contributed by atoms with Gasteiger partial charge in [-0.1, -0.05) is 18.2 Å². The van der Waals surface area contributed by atoms with Gasteiger partial charge in [-0.25, -0.2) is 0 Å². The third-order valence-corrected chi connectivity index (χ3v) is 3.32. The lowest BCUT2D eigenvalue weighted by molar-refractivity contribution is 0.252. The van der Waals surface area contributed by atoms with Crippen LogP contribution >= 0.6 is 0 Å². The molecule has 0 aliphatic carbocycles. The average molecular weight is 251 g/mol. The number of nitrogens with zero attached hydrogens (tertiary/aromatic N) is 3. The van der Waals surface area contributed by atoms with Crippen LogP contribution in [0, 0.1) is 11.3 Å². The van der Waals surface area contributed by atoms with E-state index in [1.165, 1.54) is 5.56 Å². The van der Waals surface area contributed by atoms with Gasteiger partial charge in [-0.15, -0.1) is 0 Å². The second-order valence-electron chi connectivity index (χ2n) is 4.69. The minimum Gasteiger partial charge on any atom is -0.295 e. The summed E-state index contributed by atoms with van der Waals surface area (Å²) in [6.07, 6.45) is 3.68. The molecular weight excluding hydrogens is 234 g/mol. The highest BCUT2D eigenvalue weighted by Gasteiger charge is 2.12. The number of pyridine rings is 1. The van der Waals surface area contributed by atoms with Gasteiger partial charge in [0.2, 0.25) is 0 Å². The molecule has 0 radical (unpaired) electrons. The number of hydrogen-bond acceptors (Lipinski definition) is 3. The van der Waals surface area contributed by atoms with E-state index in [2.05, 4.69) is 36.0 Å². The van der Waals surface area contributed by atoms with Crippen molar-refractivity contribution < 1.29 is 0 Å². The fourth-order valence-electron chi connectivity index (χ4n) is 2.04. The van der Waals surface area contributed by atoms with Gasteiger partial charge in [-0.2, -0.15) is 5.26 Å². The molecule has 3 nitrogen and oxygen atoms in total. The summed E-state index contributed by atoms with van der Waals surface area (Å²) in [7, 11) is 2.08. The van der Waals surface area contributed by atoms with Gasteiger partial charge in [0.25, 0.3) is 0 Å². The Labute approximate surface area is 114 Å². The molecule has 0 amide bonds. The number of aromatic nitrogens is 1. The molecule has 1 heterocycles. The Morgan fingerprint density at radius 1 is 1.32 bits per heavy atom. The minimum atomic E-state index is 0.291. The van der Waals surface area contributed by atoms with Crippen LogP contribution < -0.4 is 0 Å². The maximum atomic E-state index is 8.91. The van der Waals surface area contributed by atoms with Crippen LogP contribution in [0.1, 0.15) is 29.7 Å². The molecule has 3 heteroatoms. The van der Waals surface area contributed by atoms with Gasteiger partial charge in [-0.05, 0) is 43.3 Å². The zero-order valence-corrected chi connectivity index (χ0v) is 11.2. The summed E-state index contributed by atoms with van der Waals surface area (Å²) in [4.78, 5) is 6.40. The maximum Gasteiger partial charge on any atom is 0.0991 e. The van der Waals surface area contributed by atoms with Crippen LogP contribution in [0.2, 0.25) is 0 Å². The van der Waals surface area contributed by atoms with E-state index in [1.54, 1.807) is 6.20 Å². The van der Waals surface area contributed by atoms with Crippen LogP contribution in [0.25, 0.3) is 0 Å². The Bertz CT molecular complexity index is 572. The Morgan fingerprint density at radius 2 is 2.16 bits per heavy atom. The fraction of sp³-hybridized carbons (Fsp3) is 0.250. The van der Waals surface area contributed by atoms with E-state index in [0.717, 1.165) is 12.1 Å². The Morgan fingerprint density at radius 3 is 2.84 bits per heavy atom. The molecule has 0 saturated carbocycles. The first-order valence-corrected chi connectivity index (χ1v) is 6.30. The van der Waals surface area contributed by atoms with Crippen molar-refractivity contribution in [1.29, 1.82) is 5.26 Å². The largest absolute Gasteiger partial charge is 0.295 e. The Hall–Kier alpha value is -2.18. The van der Waals surface area contributed by atoms with E-state index in [0.29, 0.717) is 11.6 Å². The van der Waals surface area contributed by atoms with Gasteiger partial charge in [-0.3, -0.25) is 9.88 Å². The molecule has 2 rings (SSSR count). The highest BCUT2D eigenvalue weighted by Crippen LogP contribution is 2.19. The summed E-state index contributed by atoms with van der Waals surface area (Å²) in [6, 6.07) is 14.2. The Balaban J connectivity index is 2.08. The monoisotopic (exact) mass is 251 g/mol. The molecule has 2 aromatic rings. The molecule has 1 aromatic heterocycles. The van der Waals surface area contributed by atoms with Crippen molar-refractivity contribution in [2.45, 2.75) is 19.5 Å². The van der Waals surface area contributed by atoms with Crippen molar-refractivity contribution in [3.63, 3.8) is 0 Å². The van der Waals surface area contributed by atoms with Gasteiger partial charge in [0.05, 0.1) is 11.6 Å². The molecule has 19 heavy (non-hydrogen) atoms. The number of benzene rings is 1. The van der Waals surface area contributed by atoms with Gasteiger partial charge >= 0.3 is 0 Å². The second kappa shape index (κ2) is 6.12. The van der Waals surface area contributed by atoms with Gasteiger partial charge in [0.15, 0.2) is 0 Å². The molecule has 0 aliphatic rings. The molecule has 0 spiro atoms. The highest BCUT2D eigenvalue weighted by molar-refractivity contribution is 5.32. The van der Waals surface area contributed by atoms with E-state index < -0.39 is 0 Å².